The summed E-state index contributed by atoms with van der Waals surface area (Å²) in [4.78, 5) is 11.8. The number of hydrogen-bond acceptors (Lipinski definition) is 2. The lowest BCUT2D eigenvalue weighted by molar-refractivity contribution is 0.0896. The van der Waals surface area contributed by atoms with E-state index in [9.17, 15) is 4.79 Å². The molecule has 0 aliphatic heterocycles. The maximum absolute atomic E-state index is 11.8. The van der Waals surface area contributed by atoms with Crippen molar-refractivity contribution in [1.29, 1.82) is 5.26 Å². The molecular formula is C13H14N2O. The zero-order valence-electron chi connectivity index (χ0n) is 9.23. The zero-order valence-corrected chi connectivity index (χ0v) is 9.23. The molecule has 0 spiro atoms. The van der Waals surface area contributed by atoms with Gasteiger partial charge in [0.25, 0.3) is 5.91 Å². The smallest absolute Gasteiger partial charge is 0.251 e. The zero-order chi connectivity index (χ0) is 11.5. The summed E-state index contributed by atoms with van der Waals surface area (Å²) in [5.74, 6) is 0.688. The van der Waals surface area contributed by atoms with Crippen LogP contribution < -0.4 is 5.32 Å². The molecule has 1 fully saturated rings. The number of nitrogens with zero attached hydrogens (tertiary/aromatic N) is 1. The first-order valence-corrected chi connectivity index (χ1v) is 5.50. The molecule has 16 heavy (non-hydrogen) atoms. The fourth-order valence-electron chi connectivity index (χ4n) is 1.99. The van der Waals surface area contributed by atoms with Crippen LogP contribution in [0.5, 0.6) is 0 Å². The average molecular weight is 214 g/mol. The van der Waals surface area contributed by atoms with E-state index in [0.29, 0.717) is 17.2 Å². The molecule has 0 unspecified atom stereocenters. The number of rotatable bonds is 2. The van der Waals surface area contributed by atoms with E-state index in [-0.39, 0.29) is 5.91 Å². The first kappa shape index (κ1) is 10.7. The van der Waals surface area contributed by atoms with E-state index in [1.165, 1.54) is 0 Å². The molecule has 0 heterocycles. The molecule has 1 aromatic rings. The largest absolute Gasteiger partial charge is 0.349 e. The van der Waals surface area contributed by atoms with Crippen molar-refractivity contribution in [1.82, 2.24) is 5.32 Å². The summed E-state index contributed by atoms with van der Waals surface area (Å²) in [6.07, 6.45) is 2.14. The number of carbonyl (C=O) groups excluding carboxylic acids is 1. The Labute approximate surface area is 95.1 Å². The van der Waals surface area contributed by atoms with E-state index in [2.05, 4.69) is 12.2 Å². The van der Waals surface area contributed by atoms with Crippen LogP contribution in [0.1, 0.15) is 35.7 Å². The second-order valence-corrected chi connectivity index (χ2v) is 4.44. The second kappa shape index (κ2) is 4.36. The number of amides is 1. The van der Waals surface area contributed by atoms with Crippen LogP contribution >= 0.6 is 0 Å². The van der Waals surface area contributed by atoms with Crippen molar-refractivity contribution >= 4 is 5.91 Å². The maximum Gasteiger partial charge on any atom is 0.251 e. The molecule has 1 aromatic carbocycles. The third kappa shape index (κ3) is 2.22. The predicted octanol–water partition coefficient (Wildman–Crippen LogP) is 2.09. The summed E-state index contributed by atoms with van der Waals surface area (Å²) in [5, 5.41) is 11.6. The summed E-state index contributed by atoms with van der Waals surface area (Å²) in [6.45, 7) is 2.18. The number of nitrogens with one attached hydrogen (secondary N) is 1. The minimum absolute atomic E-state index is 0.0404. The van der Waals surface area contributed by atoms with Gasteiger partial charge < -0.3 is 5.32 Å². The minimum atomic E-state index is -0.0404. The van der Waals surface area contributed by atoms with Crippen molar-refractivity contribution in [3.8, 4) is 6.07 Å². The second-order valence-electron chi connectivity index (χ2n) is 4.44. The Bertz CT molecular complexity index is 424. The number of benzene rings is 1. The highest BCUT2D eigenvalue weighted by atomic mass is 16.1. The molecule has 3 heteroatoms. The molecule has 0 saturated heterocycles. The van der Waals surface area contributed by atoms with Crippen LogP contribution in [-0.4, -0.2) is 11.9 Å². The molecule has 82 valence electrons. The summed E-state index contributed by atoms with van der Waals surface area (Å²) < 4.78 is 0. The number of nitriles is 1. The Morgan fingerprint density at radius 3 is 2.50 bits per heavy atom. The number of carbonyl (C=O) groups is 1. The average Bonchev–Trinajstić information content (AvgIpc) is 2.27. The van der Waals surface area contributed by atoms with E-state index in [4.69, 9.17) is 5.26 Å². The van der Waals surface area contributed by atoms with Crippen LogP contribution in [0.25, 0.3) is 0 Å². The van der Waals surface area contributed by atoms with Gasteiger partial charge in [0.1, 0.15) is 0 Å². The fraction of sp³-hybridized carbons (Fsp3) is 0.385. The molecule has 0 aromatic heterocycles. The Morgan fingerprint density at radius 2 is 2.00 bits per heavy atom. The van der Waals surface area contributed by atoms with Crippen molar-refractivity contribution < 1.29 is 4.79 Å². The van der Waals surface area contributed by atoms with Crippen LogP contribution in [-0.2, 0) is 0 Å². The molecule has 1 aliphatic rings. The molecule has 1 aliphatic carbocycles. The minimum Gasteiger partial charge on any atom is -0.349 e. The molecule has 0 atom stereocenters. The molecule has 0 bridgehead atoms. The summed E-state index contributed by atoms with van der Waals surface area (Å²) >= 11 is 0. The highest BCUT2D eigenvalue weighted by molar-refractivity contribution is 5.94. The monoisotopic (exact) mass is 214 g/mol. The molecule has 2 rings (SSSR count). The van der Waals surface area contributed by atoms with E-state index in [1.807, 2.05) is 6.07 Å². The van der Waals surface area contributed by atoms with Gasteiger partial charge in [-0.1, -0.05) is 6.92 Å². The van der Waals surface area contributed by atoms with Crippen LogP contribution in [0.3, 0.4) is 0 Å². The van der Waals surface area contributed by atoms with E-state index in [1.54, 1.807) is 24.3 Å². The molecule has 1 saturated carbocycles. The van der Waals surface area contributed by atoms with Gasteiger partial charge in [0.15, 0.2) is 0 Å². The lowest BCUT2D eigenvalue weighted by Gasteiger charge is -2.33. The van der Waals surface area contributed by atoms with Crippen LogP contribution in [0, 0.1) is 17.2 Å². The van der Waals surface area contributed by atoms with E-state index < -0.39 is 0 Å². The lowest BCUT2D eigenvalue weighted by atomic mass is 9.82. The van der Waals surface area contributed by atoms with Crippen molar-refractivity contribution in [3.63, 3.8) is 0 Å². The number of hydrogen-bond donors (Lipinski definition) is 1. The first-order chi connectivity index (χ1) is 7.69. The van der Waals surface area contributed by atoms with E-state index >= 15 is 0 Å². The highest BCUT2D eigenvalue weighted by Crippen LogP contribution is 2.26. The van der Waals surface area contributed by atoms with Crippen molar-refractivity contribution in [3.05, 3.63) is 35.4 Å². The quantitative estimate of drug-likeness (QED) is 0.819. The molecule has 1 amide bonds. The van der Waals surface area contributed by atoms with Gasteiger partial charge >= 0.3 is 0 Å². The summed E-state index contributed by atoms with van der Waals surface area (Å²) in [5.41, 5.74) is 1.20. The third-order valence-corrected chi connectivity index (χ3v) is 2.99. The fourth-order valence-corrected chi connectivity index (χ4v) is 1.99. The molecular weight excluding hydrogens is 200 g/mol. The van der Waals surface area contributed by atoms with Gasteiger partial charge in [-0.05, 0) is 43.0 Å². The van der Waals surface area contributed by atoms with Crippen molar-refractivity contribution in [2.45, 2.75) is 25.8 Å². The predicted molar refractivity (Wildman–Crippen MR) is 60.8 cm³/mol. The maximum atomic E-state index is 11.8. The summed E-state index contributed by atoms with van der Waals surface area (Å²) in [6, 6.07) is 9.07. The lowest BCUT2D eigenvalue weighted by Crippen LogP contribution is -2.43. The molecule has 1 N–H and O–H groups in total. The SMILES string of the molecule is CC1CC(NC(=O)c2ccc(C#N)cc2)C1. The van der Waals surface area contributed by atoms with Crippen LogP contribution in [0.2, 0.25) is 0 Å². The molecule has 0 radical (unpaired) electrons. The van der Waals surface area contributed by atoms with Gasteiger partial charge in [-0.25, -0.2) is 0 Å². The van der Waals surface area contributed by atoms with Gasteiger partial charge in [0, 0.05) is 11.6 Å². The van der Waals surface area contributed by atoms with Gasteiger partial charge in [-0.3, -0.25) is 4.79 Å². The standard InChI is InChI=1S/C13H14N2O/c1-9-6-12(7-9)15-13(16)11-4-2-10(8-14)3-5-11/h2-5,9,12H,6-7H2,1H3,(H,15,16). The Morgan fingerprint density at radius 1 is 1.38 bits per heavy atom. The first-order valence-electron chi connectivity index (χ1n) is 5.50. The van der Waals surface area contributed by atoms with E-state index in [0.717, 1.165) is 18.8 Å². The van der Waals surface area contributed by atoms with Gasteiger partial charge in [-0.15, -0.1) is 0 Å². The molecule has 3 nitrogen and oxygen atoms in total. The van der Waals surface area contributed by atoms with Gasteiger partial charge in [0.2, 0.25) is 0 Å². The van der Waals surface area contributed by atoms with Gasteiger partial charge in [0.05, 0.1) is 11.6 Å². The van der Waals surface area contributed by atoms with Gasteiger partial charge in [-0.2, -0.15) is 5.26 Å². The Hall–Kier alpha value is -1.82. The Balaban J connectivity index is 1.96. The van der Waals surface area contributed by atoms with Crippen molar-refractivity contribution in [2.75, 3.05) is 0 Å². The van der Waals surface area contributed by atoms with Crippen LogP contribution in [0.15, 0.2) is 24.3 Å². The Kier molecular flexibility index (Phi) is 2.91. The normalized spacial score (nSPS) is 23.0. The van der Waals surface area contributed by atoms with Crippen molar-refractivity contribution in [2.24, 2.45) is 5.92 Å². The third-order valence-electron chi connectivity index (χ3n) is 2.99. The van der Waals surface area contributed by atoms with Crippen LogP contribution in [0.4, 0.5) is 0 Å². The summed E-state index contributed by atoms with van der Waals surface area (Å²) in [7, 11) is 0. The topological polar surface area (TPSA) is 52.9 Å². The highest BCUT2D eigenvalue weighted by Gasteiger charge is 2.26.